The molecule has 0 spiro atoms. The Bertz CT molecular complexity index is 698. The van der Waals surface area contributed by atoms with Crippen molar-refractivity contribution < 1.29 is 9.13 Å². The second-order valence-electron chi connectivity index (χ2n) is 5.48. The van der Waals surface area contributed by atoms with Crippen LogP contribution in [-0.4, -0.2) is 29.2 Å². The van der Waals surface area contributed by atoms with Crippen molar-refractivity contribution in [3.63, 3.8) is 0 Å². The summed E-state index contributed by atoms with van der Waals surface area (Å²) < 4.78 is 19.5. The minimum atomic E-state index is -0.238. The first-order chi connectivity index (χ1) is 11.3. The van der Waals surface area contributed by atoms with Crippen molar-refractivity contribution in [3.05, 3.63) is 53.7 Å². The molecule has 23 heavy (non-hydrogen) atoms. The number of hydrogen-bond acceptors (Lipinski definition) is 5. The standard InChI is InChI=1S/C17H17FN4O/c18-16-6-2-1-4-13(16)12-23-15-5-3-7-22(11-15)17-10-20-14(8-19)9-21-17/h1-2,4,6,9-10,15H,3,5,7,11-12H2/t15-/m0/s1. The summed E-state index contributed by atoms with van der Waals surface area (Å²) in [6.07, 6.45) is 5.02. The molecule has 0 unspecified atom stereocenters. The lowest BCUT2D eigenvalue weighted by molar-refractivity contribution is 0.0300. The minimum Gasteiger partial charge on any atom is -0.372 e. The maximum Gasteiger partial charge on any atom is 0.158 e. The first-order valence-electron chi connectivity index (χ1n) is 7.58. The molecule has 1 aliphatic rings. The Kier molecular flexibility index (Phi) is 4.79. The fourth-order valence-corrected chi connectivity index (χ4v) is 2.65. The van der Waals surface area contributed by atoms with Crippen LogP contribution >= 0.6 is 0 Å². The van der Waals surface area contributed by atoms with Gasteiger partial charge in [-0.05, 0) is 18.9 Å². The zero-order valence-corrected chi connectivity index (χ0v) is 12.7. The van der Waals surface area contributed by atoms with E-state index in [1.165, 1.54) is 12.3 Å². The number of nitriles is 1. The largest absolute Gasteiger partial charge is 0.372 e. The lowest BCUT2D eigenvalue weighted by Crippen LogP contribution is -2.40. The van der Waals surface area contributed by atoms with Crippen LogP contribution in [0.3, 0.4) is 0 Å². The molecular weight excluding hydrogens is 295 g/mol. The Morgan fingerprint density at radius 2 is 2.17 bits per heavy atom. The highest BCUT2D eigenvalue weighted by Crippen LogP contribution is 2.20. The van der Waals surface area contributed by atoms with Crippen LogP contribution in [0.2, 0.25) is 0 Å². The van der Waals surface area contributed by atoms with Crippen LogP contribution < -0.4 is 4.90 Å². The van der Waals surface area contributed by atoms with E-state index in [0.29, 0.717) is 17.8 Å². The molecule has 1 atom stereocenters. The monoisotopic (exact) mass is 312 g/mol. The van der Waals surface area contributed by atoms with Crippen LogP contribution in [0.5, 0.6) is 0 Å². The zero-order chi connectivity index (χ0) is 16.1. The van der Waals surface area contributed by atoms with Crippen LogP contribution in [0.1, 0.15) is 24.1 Å². The summed E-state index contributed by atoms with van der Waals surface area (Å²) in [6.45, 7) is 1.83. The molecule has 5 nitrogen and oxygen atoms in total. The predicted octanol–water partition coefficient (Wildman–Crippen LogP) is 2.67. The molecule has 0 N–H and O–H groups in total. The smallest absolute Gasteiger partial charge is 0.158 e. The molecule has 0 amide bonds. The quantitative estimate of drug-likeness (QED) is 0.868. The Hall–Kier alpha value is -2.52. The molecule has 6 heteroatoms. The van der Waals surface area contributed by atoms with E-state index in [1.807, 2.05) is 6.07 Å². The van der Waals surface area contributed by atoms with Crippen molar-refractivity contribution in [2.45, 2.75) is 25.6 Å². The lowest BCUT2D eigenvalue weighted by atomic mass is 10.1. The molecule has 0 radical (unpaired) electrons. The third-order valence-electron chi connectivity index (χ3n) is 3.89. The van der Waals surface area contributed by atoms with Crippen LogP contribution in [0.25, 0.3) is 0 Å². The van der Waals surface area contributed by atoms with E-state index < -0.39 is 0 Å². The molecule has 3 rings (SSSR count). The summed E-state index contributed by atoms with van der Waals surface area (Å²) in [7, 11) is 0. The Morgan fingerprint density at radius 3 is 2.91 bits per heavy atom. The van der Waals surface area contributed by atoms with Gasteiger partial charge in [0, 0.05) is 18.7 Å². The number of ether oxygens (including phenoxy) is 1. The van der Waals surface area contributed by atoms with Crippen LogP contribution in [0.4, 0.5) is 10.2 Å². The number of hydrogen-bond donors (Lipinski definition) is 0. The van der Waals surface area contributed by atoms with E-state index in [1.54, 1.807) is 24.4 Å². The maximum absolute atomic E-state index is 13.6. The molecule has 1 aromatic heterocycles. The van der Waals surface area contributed by atoms with Gasteiger partial charge >= 0.3 is 0 Å². The molecule has 1 aliphatic heterocycles. The van der Waals surface area contributed by atoms with Gasteiger partial charge in [0.05, 0.1) is 25.1 Å². The first kappa shape index (κ1) is 15.4. The van der Waals surface area contributed by atoms with E-state index in [2.05, 4.69) is 14.9 Å². The molecule has 0 saturated carbocycles. The fraction of sp³-hybridized carbons (Fsp3) is 0.353. The van der Waals surface area contributed by atoms with Gasteiger partial charge in [-0.25, -0.2) is 14.4 Å². The average molecular weight is 312 g/mol. The van der Waals surface area contributed by atoms with Crippen molar-refractivity contribution in [1.82, 2.24) is 9.97 Å². The summed E-state index contributed by atoms with van der Waals surface area (Å²) in [5, 5.41) is 8.76. The normalized spacial score (nSPS) is 17.7. The number of anilines is 1. The maximum atomic E-state index is 13.6. The molecule has 2 aromatic rings. The highest BCUT2D eigenvalue weighted by molar-refractivity contribution is 5.37. The molecule has 1 aromatic carbocycles. The summed E-state index contributed by atoms with van der Waals surface area (Å²) in [4.78, 5) is 10.4. The van der Waals surface area contributed by atoms with Crippen molar-refractivity contribution in [2.75, 3.05) is 18.0 Å². The van der Waals surface area contributed by atoms with Gasteiger partial charge in [0.15, 0.2) is 5.69 Å². The van der Waals surface area contributed by atoms with Crippen LogP contribution in [0.15, 0.2) is 36.7 Å². The van der Waals surface area contributed by atoms with E-state index >= 15 is 0 Å². The highest BCUT2D eigenvalue weighted by Gasteiger charge is 2.22. The highest BCUT2D eigenvalue weighted by atomic mass is 19.1. The van der Waals surface area contributed by atoms with Crippen LogP contribution in [-0.2, 0) is 11.3 Å². The Labute approximate surface area is 134 Å². The predicted molar refractivity (Wildman–Crippen MR) is 83.2 cm³/mol. The summed E-state index contributed by atoms with van der Waals surface area (Å²) >= 11 is 0. The molecule has 0 aliphatic carbocycles. The molecule has 0 bridgehead atoms. The lowest BCUT2D eigenvalue weighted by Gasteiger charge is -2.33. The summed E-state index contributed by atoms with van der Waals surface area (Å²) in [5.74, 6) is 0.501. The molecular formula is C17H17FN4O. The van der Waals surface area contributed by atoms with E-state index in [-0.39, 0.29) is 18.5 Å². The number of piperidine rings is 1. The minimum absolute atomic E-state index is 0.0285. The van der Waals surface area contributed by atoms with Crippen molar-refractivity contribution in [3.8, 4) is 6.07 Å². The molecule has 118 valence electrons. The van der Waals surface area contributed by atoms with Crippen LogP contribution in [0, 0.1) is 17.1 Å². The van der Waals surface area contributed by atoms with E-state index in [4.69, 9.17) is 10.00 Å². The Morgan fingerprint density at radius 1 is 1.30 bits per heavy atom. The SMILES string of the molecule is N#Cc1cnc(N2CCC[C@H](OCc3ccccc3F)C2)cn1. The average Bonchev–Trinajstić information content (AvgIpc) is 2.61. The summed E-state index contributed by atoms with van der Waals surface area (Å²) in [5.41, 5.74) is 0.876. The number of halogens is 1. The van der Waals surface area contributed by atoms with E-state index in [0.717, 1.165) is 25.2 Å². The zero-order valence-electron chi connectivity index (χ0n) is 12.7. The van der Waals surface area contributed by atoms with Gasteiger partial charge in [-0.1, -0.05) is 18.2 Å². The third kappa shape index (κ3) is 3.82. The third-order valence-corrected chi connectivity index (χ3v) is 3.89. The van der Waals surface area contributed by atoms with Gasteiger partial charge in [-0.15, -0.1) is 0 Å². The van der Waals surface area contributed by atoms with Gasteiger partial charge in [-0.3, -0.25) is 0 Å². The van der Waals surface area contributed by atoms with Gasteiger partial charge in [0.1, 0.15) is 17.7 Å². The molecule has 1 saturated heterocycles. The Balaban J connectivity index is 1.59. The number of rotatable bonds is 4. The first-order valence-corrected chi connectivity index (χ1v) is 7.58. The van der Waals surface area contributed by atoms with Gasteiger partial charge in [0.2, 0.25) is 0 Å². The van der Waals surface area contributed by atoms with Gasteiger partial charge in [0.25, 0.3) is 0 Å². The van der Waals surface area contributed by atoms with Crippen molar-refractivity contribution in [1.29, 1.82) is 5.26 Å². The van der Waals surface area contributed by atoms with Crippen molar-refractivity contribution in [2.24, 2.45) is 0 Å². The van der Waals surface area contributed by atoms with Gasteiger partial charge in [-0.2, -0.15) is 5.26 Å². The van der Waals surface area contributed by atoms with Gasteiger partial charge < -0.3 is 9.64 Å². The molecule has 2 heterocycles. The second kappa shape index (κ2) is 7.16. The summed E-state index contributed by atoms with van der Waals surface area (Å²) in [6, 6.07) is 8.62. The molecule has 1 fully saturated rings. The topological polar surface area (TPSA) is 62.0 Å². The second-order valence-corrected chi connectivity index (χ2v) is 5.48. The number of benzene rings is 1. The fourth-order valence-electron chi connectivity index (χ4n) is 2.65. The number of aromatic nitrogens is 2. The van der Waals surface area contributed by atoms with Crippen molar-refractivity contribution >= 4 is 5.82 Å². The number of nitrogens with zero attached hydrogens (tertiary/aromatic N) is 4. The van der Waals surface area contributed by atoms with E-state index in [9.17, 15) is 4.39 Å².